The van der Waals surface area contributed by atoms with Crippen LogP contribution in [0.2, 0.25) is 0 Å². The lowest BCUT2D eigenvalue weighted by atomic mass is 10.0. The lowest BCUT2D eigenvalue weighted by Crippen LogP contribution is -2.29. The molecule has 1 fully saturated rings. The Morgan fingerprint density at radius 2 is 1.79 bits per heavy atom. The molecule has 7 rings (SSSR count). The number of imidazole rings is 1. The highest BCUT2D eigenvalue weighted by molar-refractivity contribution is 5.97. The molecule has 1 aliphatic heterocycles. The number of nitrogens with zero attached hydrogens (tertiary/aromatic N) is 5. The summed E-state index contributed by atoms with van der Waals surface area (Å²) >= 11 is 0. The summed E-state index contributed by atoms with van der Waals surface area (Å²) in [5.41, 5.74) is 6.05. The molecule has 2 aromatic carbocycles. The fourth-order valence-corrected chi connectivity index (χ4v) is 5.46. The van der Waals surface area contributed by atoms with Gasteiger partial charge in [-0.3, -0.25) is 15.0 Å². The number of nitrogens with one attached hydrogen (secondary N) is 2. The Kier molecular flexibility index (Phi) is 5.85. The molecule has 7 nitrogen and oxygen atoms in total. The fraction of sp³-hybridized carbons (Fsp3) is 0.200. The van der Waals surface area contributed by atoms with E-state index in [4.69, 9.17) is 0 Å². The van der Waals surface area contributed by atoms with E-state index in [-0.39, 0.29) is 11.3 Å². The molecule has 0 spiro atoms. The first-order valence-electron chi connectivity index (χ1n) is 13.1. The van der Waals surface area contributed by atoms with Crippen LogP contribution in [0.3, 0.4) is 0 Å². The highest BCUT2D eigenvalue weighted by atomic mass is 19.1. The molecule has 0 atom stereocenters. The van der Waals surface area contributed by atoms with Crippen molar-refractivity contribution < 1.29 is 8.78 Å². The third-order valence-corrected chi connectivity index (χ3v) is 7.36. The molecule has 0 aliphatic carbocycles. The molecule has 4 aromatic heterocycles. The van der Waals surface area contributed by atoms with Crippen LogP contribution in [0.15, 0.2) is 67.1 Å². The van der Waals surface area contributed by atoms with Crippen molar-refractivity contribution >= 4 is 22.1 Å². The van der Waals surface area contributed by atoms with E-state index < -0.39 is 5.82 Å². The van der Waals surface area contributed by atoms with Gasteiger partial charge < -0.3 is 4.98 Å². The van der Waals surface area contributed by atoms with Crippen molar-refractivity contribution in [2.45, 2.75) is 25.8 Å². The van der Waals surface area contributed by atoms with Gasteiger partial charge in [0.1, 0.15) is 17.0 Å². The topological polar surface area (TPSA) is 86.4 Å². The minimum atomic E-state index is -0.430. The first kappa shape index (κ1) is 23.6. The van der Waals surface area contributed by atoms with Gasteiger partial charge in [0.2, 0.25) is 0 Å². The fourth-order valence-electron chi connectivity index (χ4n) is 5.46. The Morgan fingerprint density at radius 3 is 2.67 bits per heavy atom. The zero-order chi connectivity index (χ0) is 26.3. The molecule has 0 saturated carbocycles. The number of benzene rings is 2. The lowest BCUT2D eigenvalue weighted by Gasteiger charge is -2.26. The molecule has 2 N–H and O–H groups in total. The normalized spacial score (nSPS) is 14.4. The van der Waals surface area contributed by atoms with E-state index in [2.05, 4.69) is 41.1 Å². The van der Waals surface area contributed by atoms with E-state index in [0.29, 0.717) is 39.2 Å². The SMILES string of the molecule is Fc1cccc(-c2ccnc3nc(-c4[nH]nc5c(F)cc(-c6cncc(CN7CCCCC7)c6)cc45)[nH]c23)c1. The lowest BCUT2D eigenvalue weighted by molar-refractivity contribution is 0.220. The number of rotatable bonds is 5. The predicted octanol–water partition coefficient (Wildman–Crippen LogP) is 6.49. The molecule has 39 heavy (non-hydrogen) atoms. The quantitative estimate of drug-likeness (QED) is 0.271. The number of pyridine rings is 2. The average molecular weight is 522 g/mol. The van der Waals surface area contributed by atoms with Crippen LogP contribution < -0.4 is 0 Å². The first-order chi connectivity index (χ1) is 19.1. The maximum absolute atomic E-state index is 15.3. The molecule has 0 bridgehead atoms. The van der Waals surface area contributed by atoms with Crippen molar-refractivity contribution in [2.24, 2.45) is 0 Å². The van der Waals surface area contributed by atoms with Crippen molar-refractivity contribution in [3.63, 3.8) is 0 Å². The third-order valence-electron chi connectivity index (χ3n) is 7.36. The van der Waals surface area contributed by atoms with Crippen LogP contribution in [0.25, 0.3) is 55.8 Å². The van der Waals surface area contributed by atoms with Gasteiger partial charge in [0.05, 0.1) is 5.52 Å². The molecule has 194 valence electrons. The number of H-pyrrole nitrogens is 2. The van der Waals surface area contributed by atoms with E-state index in [1.807, 2.05) is 24.4 Å². The summed E-state index contributed by atoms with van der Waals surface area (Å²) in [4.78, 5) is 19.2. The number of halogens is 2. The Bertz CT molecular complexity index is 1820. The van der Waals surface area contributed by atoms with Crippen molar-refractivity contribution in [1.82, 2.24) is 35.0 Å². The van der Waals surface area contributed by atoms with Crippen molar-refractivity contribution in [1.29, 1.82) is 0 Å². The van der Waals surface area contributed by atoms with Gasteiger partial charge in [-0.1, -0.05) is 18.6 Å². The summed E-state index contributed by atoms with van der Waals surface area (Å²) < 4.78 is 29.2. The van der Waals surface area contributed by atoms with Crippen LogP contribution in [0.5, 0.6) is 0 Å². The first-order valence-corrected chi connectivity index (χ1v) is 13.1. The Labute approximate surface area is 223 Å². The van der Waals surface area contributed by atoms with E-state index in [0.717, 1.165) is 36.3 Å². The molecule has 6 aromatic rings. The molecule has 0 radical (unpaired) electrons. The van der Waals surface area contributed by atoms with Gasteiger partial charge in [-0.2, -0.15) is 5.10 Å². The third kappa shape index (κ3) is 4.44. The maximum Gasteiger partial charge on any atom is 0.178 e. The largest absolute Gasteiger partial charge is 0.335 e. The zero-order valence-corrected chi connectivity index (χ0v) is 21.1. The molecule has 9 heteroatoms. The minimum absolute atomic E-state index is 0.227. The summed E-state index contributed by atoms with van der Waals surface area (Å²) in [5.74, 6) is -0.284. The summed E-state index contributed by atoms with van der Waals surface area (Å²) in [5, 5.41) is 7.78. The van der Waals surface area contributed by atoms with Crippen LogP contribution in [-0.2, 0) is 6.54 Å². The van der Waals surface area contributed by atoms with Crippen LogP contribution in [0.1, 0.15) is 24.8 Å². The number of piperidine rings is 1. The van der Waals surface area contributed by atoms with Crippen molar-refractivity contribution in [3.8, 4) is 33.8 Å². The number of hydrogen-bond donors (Lipinski definition) is 2. The second-order valence-corrected chi connectivity index (χ2v) is 10.0. The Balaban J connectivity index is 1.29. The minimum Gasteiger partial charge on any atom is -0.335 e. The zero-order valence-electron chi connectivity index (χ0n) is 21.1. The van der Waals surface area contributed by atoms with Crippen LogP contribution in [-0.4, -0.2) is 48.1 Å². The van der Waals surface area contributed by atoms with E-state index in [1.165, 1.54) is 37.5 Å². The van der Waals surface area contributed by atoms with Gasteiger partial charge in [-0.05, 0) is 79.0 Å². The van der Waals surface area contributed by atoms with Crippen LogP contribution in [0.4, 0.5) is 8.78 Å². The van der Waals surface area contributed by atoms with Gasteiger partial charge in [0.25, 0.3) is 0 Å². The van der Waals surface area contributed by atoms with E-state index in [1.54, 1.807) is 18.5 Å². The predicted molar refractivity (Wildman–Crippen MR) is 147 cm³/mol. The monoisotopic (exact) mass is 521 g/mol. The van der Waals surface area contributed by atoms with Gasteiger partial charge in [-0.15, -0.1) is 0 Å². The van der Waals surface area contributed by atoms with Crippen molar-refractivity contribution in [2.75, 3.05) is 13.1 Å². The van der Waals surface area contributed by atoms with E-state index in [9.17, 15) is 4.39 Å². The molecular formula is C30H25F2N7. The number of likely N-dealkylation sites (tertiary alicyclic amines) is 1. The highest BCUT2D eigenvalue weighted by Gasteiger charge is 2.19. The number of hydrogen-bond acceptors (Lipinski definition) is 5. The van der Waals surface area contributed by atoms with E-state index >= 15 is 4.39 Å². The Hall–Kier alpha value is -4.50. The summed E-state index contributed by atoms with van der Waals surface area (Å²) in [6.07, 6.45) is 9.01. The van der Waals surface area contributed by atoms with Gasteiger partial charge in [0, 0.05) is 41.6 Å². The average Bonchev–Trinajstić information content (AvgIpc) is 3.58. The van der Waals surface area contributed by atoms with Gasteiger partial charge in [0.15, 0.2) is 17.3 Å². The van der Waals surface area contributed by atoms with Crippen LogP contribution >= 0.6 is 0 Å². The standard InChI is InChI=1S/C30H25F2N7/c31-22-6-4-5-19(12-22)23-7-8-34-29-27(23)35-30(36-29)28-24-13-20(14-25(32)26(24)37-38-28)21-11-18(15-33-16-21)17-39-9-2-1-3-10-39/h4-8,11-16H,1-3,9-10,17H2,(H,37,38)(H,34,35,36). The molecule has 1 saturated heterocycles. The summed E-state index contributed by atoms with van der Waals surface area (Å²) in [6.45, 7) is 3.02. The van der Waals surface area contributed by atoms with Crippen molar-refractivity contribution in [3.05, 3.63) is 84.3 Å². The number of aromatic amines is 2. The second kappa shape index (κ2) is 9.67. The highest BCUT2D eigenvalue weighted by Crippen LogP contribution is 2.34. The number of fused-ring (bicyclic) bond motifs is 2. The molecule has 0 amide bonds. The van der Waals surface area contributed by atoms with Gasteiger partial charge >= 0.3 is 0 Å². The Morgan fingerprint density at radius 1 is 0.897 bits per heavy atom. The summed E-state index contributed by atoms with van der Waals surface area (Å²) in [7, 11) is 0. The van der Waals surface area contributed by atoms with Gasteiger partial charge in [-0.25, -0.2) is 18.7 Å². The molecule has 1 aliphatic rings. The van der Waals surface area contributed by atoms with Crippen LogP contribution in [0, 0.1) is 11.6 Å². The molecule has 5 heterocycles. The maximum atomic E-state index is 15.3. The number of aromatic nitrogens is 6. The summed E-state index contributed by atoms with van der Waals surface area (Å²) in [6, 6.07) is 13.7. The smallest absolute Gasteiger partial charge is 0.178 e. The molecular weight excluding hydrogens is 496 g/mol. The second-order valence-electron chi connectivity index (χ2n) is 10.0. The molecule has 0 unspecified atom stereocenters.